The summed E-state index contributed by atoms with van der Waals surface area (Å²) in [5, 5.41) is 4.49. The first kappa shape index (κ1) is 23.2. The fraction of sp³-hybridized carbons (Fsp3) is 0.263. The van der Waals surface area contributed by atoms with E-state index in [1.165, 1.54) is 16.9 Å². The van der Waals surface area contributed by atoms with Crippen molar-refractivity contribution in [3.63, 3.8) is 0 Å². The van der Waals surface area contributed by atoms with Crippen LogP contribution in [0.1, 0.15) is 36.8 Å². The molecule has 0 aliphatic carbocycles. The van der Waals surface area contributed by atoms with Crippen LogP contribution in [0.5, 0.6) is 5.88 Å². The Balaban J connectivity index is 2.17. The van der Waals surface area contributed by atoms with E-state index in [2.05, 4.69) is 19.2 Å². The summed E-state index contributed by atoms with van der Waals surface area (Å²) in [7, 11) is -5.87. The molecule has 170 valence electrons. The average Bonchev–Trinajstić information content (AvgIpc) is 3.09. The molecule has 1 amide bonds. The maximum atomic E-state index is 12.5. The van der Waals surface area contributed by atoms with Crippen LogP contribution in [0.15, 0.2) is 42.7 Å². The van der Waals surface area contributed by atoms with E-state index < -0.39 is 32.8 Å². The fourth-order valence-electron chi connectivity index (χ4n) is 2.81. The molecule has 32 heavy (non-hydrogen) atoms. The van der Waals surface area contributed by atoms with Crippen LogP contribution in [0.2, 0.25) is 0 Å². The molecule has 0 saturated heterocycles. The SMILES string of the molecule is CC(C)(C)c1nn(-c2ccc(OS(=O)(=O)C(F)(F)F)nc2)c(-c2ccccn2)c1C(N)=O. The topological polar surface area (TPSA) is 130 Å². The van der Waals surface area contributed by atoms with Crippen molar-refractivity contribution in [1.29, 1.82) is 0 Å². The van der Waals surface area contributed by atoms with Gasteiger partial charge < -0.3 is 9.92 Å². The number of halogens is 3. The summed E-state index contributed by atoms with van der Waals surface area (Å²) in [6.07, 6.45) is 2.56. The zero-order valence-electron chi connectivity index (χ0n) is 17.1. The first-order valence-corrected chi connectivity index (χ1v) is 10.4. The minimum atomic E-state index is -5.87. The summed E-state index contributed by atoms with van der Waals surface area (Å²) >= 11 is 0. The normalized spacial score (nSPS) is 12.6. The molecule has 0 aromatic carbocycles. The number of aromatic nitrogens is 4. The summed E-state index contributed by atoms with van der Waals surface area (Å²) < 4.78 is 65.3. The predicted octanol–water partition coefficient (Wildman–Crippen LogP) is 2.95. The van der Waals surface area contributed by atoms with Gasteiger partial charge in [-0.1, -0.05) is 26.8 Å². The van der Waals surface area contributed by atoms with Crippen LogP contribution < -0.4 is 9.92 Å². The molecule has 3 rings (SSSR count). The second-order valence-electron chi connectivity index (χ2n) is 7.65. The van der Waals surface area contributed by atoms with E-state index in [4.69, 9.17) is 5.73 Å². The van der Waals surface area contributed by atoms with Crippen molar-refractivity contribution in [1.82, 2.24) is 19.7 Å². The number of rotatable bonds is 5. The molecule has 3 aromatic heterocycles. The lowest BCUT2D eigenvalue weighted by molar-refractivity contribution is -0.0501. The summed E-state index contributed by atoms with van der Waals surface area (Å²) in [5.41, 5.74) is 0.761. The summed E-state index contributed by atoms with van der Waals surface area (Å²) in [6, 6.07) is 7.17. The van der Waals surface area contributed by atoms with E-state index in [-0.39, 0.29) is 16.9 Å². The molecule has 13 heteroatoms. The summed E-state index contributed by atoms with van der Waals surface area (Å²) in [6.45, 7) is 5.47. The van der Waals surface area contributed by atoms with Gasteiger partial charge >= 0.3 is 15.6 Å². The molecular weight excluding hydrogens is 451 g/mol. The van der Waals surface area contributed by atoms with Gasteiger partial charge in [-0.3, -0.25) is 9.78 Å². The van der Waals surface area contributed by atoms with E-state index in [1.54, 1.807) is 18.2 Å². The minimum absolute atomic E-state index is 0.121. The predicted molar refractivity (Wildman–Crippen MR) is 107 cm³/mol. The monoisotopic (exact) mass is 469 g/mol. The number of pyridine rings is 2. The Morgan fingerprint density at radius 1 is 1.09 bits per heavy atom. The molecule has 2 N–H and O–H groups in total. The zero-order valence-corrected chi connectivity index (χ0v) is 17.9. The highest BCUT2D eigenvalue weighted by atomic mass is 32.2. The molecule has 3 aromatic rings. The van der Waals surface area contributed by atoms with Crippen molar-refractivity contribution < 1.29 is 30.6 Å². The maximum Gasteiger partial charge on any atom is 0.534 e. The van der Waals surface area contributed by atoms with E-state index in [9.17, 15) is 26.4 Å². The lowest BCUT2D eigenvalue weighted by atomic mass is 9.88. The maximum absolute atomic E-state index is 12.5. The standard InChI is InChI=1S/C19H18F3N5O4S/c1-18(2,3)16-14(17(23)28)15(12-6-4-5-9-24-12)27(26-16)11-7-8-13(25-10-11)31-32(29,30)19(20,21)22/h4-10H,1-3H3,(H2,23,28). The van der Waals surface area contributed by atoms with Crippen LogP contribution >= 0.6 is 0 Å². The van der Waals surface area contributed by atoms with E-state index in [0.717, 1.165) is 12.3 Å². The third-order valence-corrected chi connectivity index (χ3v) is 5.15. The van der Waals surface area contributed by atoms with Gasteiger partial charge in [0, 0.05) is 17.7 Å². The van der Waals surface area contributed by atoms with Gasteiger partial charge in [-0.25, -0.2) is 9.67 Å². The smallest absolute Gasteiger partial charge is 0.365 e. The van der Waals surface area contributed by atoms with Crippen molar-refractivity contribution in [2.45, 2.75) is 31.7 Å². The molecule has 0 unspecified atom stereocenters. The van der Waals surface area contributed by atoms with Gasteiger partial charge in [0.15, 0.2) is 0 Å². The quantitative estimate of drug-likeness (QED) is 0.449. The second kappa shape index (κ2) is 7.89. The molecule has 0 fully saturated rings. The van der Waals surface area contributed by atoms with Crippen LogP contribution in [0, 0.1) is 0 Å². The first-order valence-electron chi connectivity index (χ1n) is 9.04. The Morgan fingerprint density at radius 2 is 1.78 bits per heavy atom. The largest absolute Gasteiger partial charge is 0.534 e. The number of amides is 1. The molecule has 0 atom stereocenters. The summed E-state index contributed by atoms with van der Waals surface area (Å²) in [5.74, 6) is -1.53. The Labute approximate surface area is 181 Å². The molecule has 0 bridgehead atoms. The van der Waals surface area contributed by atoms with E-state index in [0.29, 0.717) is 11.4 Å². The third kappa shape index (κ3) is 4.42. The molecular formula is C19H18F3N5O4S. The van der Waals surface area contributed by atoms with Crippen LogP contribution in [0.4, 0.5) is 13.2 Å². The van der Waals surface area contributed by atoms with Gasteiger partial charge in [-0.2, -0.15) is 26.7 Å². The highest BCUT2D eigenvalue weighted by Crippen LogP contribution is 2.34. The fourth-order valence-corrected chi connectivity index (χ4v) is 3.23. The van der Waals surface area contributed by atoms with Crippen LogP contribution in [0.3, 0.4) is 0 Å². The number of carbonyl (C=O) groups excluding carboxylic acids is 1. The average molecular weight is 469 g/mol. The van der Waals surface area contributed by atoms with Gasteiger partial charge in [0.25, 0.3) is 5.91 Å². The highest BCUT2D eigenvalue weighted by Gasteiger charge is 2.48. The molecule has 9 nitrogen and oxygen atoms in total. The van der Waals surface area contributed by atoms with Crippen LogP contribution in [-0.2, 0) is 15.5 Å². The van der Waals surface area contributed by atoms with Crippen molar-refractivity contribution in [3.8, 4) is 23.0 Å². The van der Waals surface area contributed by atoms with Gasteiger partial charge in [-0.05, 0) is 18.2 Å². The molecule has 0 radical (unpaired) electrons. The van der Waals surface area contributed by atoms with Gasteiger partial charge in [0.2, 0.25) is 5.88 Å². The van der Waals surface area contributed by atoms with Crippen molar-refractivity contribution in [2.75, 3.05) is 0 Å². The zero-order chi connectivity index (χ0) is 23.9. The molecule has 0 spiro atoms. The first-order chi connectivity index (χ1) is 14.7. The van der Waals surface area contributed by atoms with Crippen molar-refractivity contribution in [3.05, 3.63) is 54.0 Å². The number of alkyl halides is 3. The number of primary amides is 1. The lowest BCUT2D eigenvalue weighted by Crippen LogP contribution is -2.28. The Bertz CT molecular complexity index is 1250. The lowest BCUT2D eigenvalue weighted by Gasteiger charge is -2.16. The molecule has 3 heterocycles. The molecule has 0 aliphatic rings. The Hall–Kier alpha value is -3.48. The van der Waals surface area contributed by atoms with Crippen molar-refractivity contribution >= 4 is 16.0 Å². The second-order valence-corrected chi connectivity index (χ2v) is 9.19. The highest BCUT2D eigenvalue weighted by molar-refractivity contribution is 7.87. The Kier molecular flexibility index (Phi) is 5.72. The van der Waals surface area contributed by atoms with Crippen LogP contribution in [0.25, 0.3) is 17.1 Å². The van der Waals surface area contributed by atoms with E-state index >= 15 is 0 Å². The molecule has 0 saturated carbocycles. The Morgan fingerprint density at radius 3 is 2.25 bits per heavy atom. The summed E-state index contributed by atoms with van der Waals surface area (Å²) in [4.78, 5) is 20.2. The van der Waals surface area contributed by atoms with Gasteiger partial charge in [0.1, 0.15) is 5.69 Å². The third-order valence-electron chi connectivity index (χ3n) is 4.19. The van der Waals surface area contributed by atoms with Gasteiger partial charge in [0.05, 0.1) is 28.8 Å². The number of hydrogen-bond donors (Lipinski definition) is 1. The number of nitrogens with zero attached hydrogens (tertiary/aromatic N) is 4. The molecule has 0 aliphatic heterocycles. The van der Waals surface area contributed by atoms with Crippen molar-refractivity contribution in [2.24, 2.45) is 5.73 Å². The number of hydrogen-bond acceptors (Lipinski definition) is 7. The number of carbonyl (C=O) groups is 1. The van der Waals surface area contributed by atoms with Gasteiger partial charge in [-0.15, -0.1) is 0 Å². The van der Waals surface area contributed by atoms with E-state index in [1.807, 2.05) is 20.8 Å². The van der Waals surface area contributed by atoms with Crippen LogP contribution in [-0.4, -0.2) is 39.6 Å². The number of nitrogens with two attached hydrogens (primary N) is 1. The minimum Gasteiger partial charge on any atom is -0.365 e.